The van der Waals surface area contributed by atoms with Crippen LogP contribution in [0.5, 0.6) is 0 Å². The van der Waals surface area contributed by atoms with Gasteiger partial charge in [-0.15, -0.1) is 0 Å². The molecule has 0 heterocycles. The summed E-state index contributed by atoms with van der Waals surface area (Å²) in [6.45, 7) is 4.00. The van der Waals surface area contributed by atoms with Crippen molar-refractivity contribution >= 4 is 58.2 Å². The number of halogens is 4. The van der Waals surface area contributed by atoms with E-state index >= 15 is 0 Å². The molecule has 0 aliphatic rings. The molecule has 0 aliphatic heterocycles. The predicted molar refractivity (Wildman–Crippen MR) is 115 cm³/mol. The van der Waals surface area contributed by atoms with E-state index in [4.69, 9.17) is 46.4 Å². The average molecular weight is 462 g/mol. The summed E-state index contributed by atoms with van der Waals surface area (Å²) < 4.78 is 0. The van der Waals surface area contributed by atoms with E-state index in [1.54, 1.807) is 43.3 Å². The first-order valence-corrected chi connectivity index (χ1v) is 10.2. The van der Waals surface area contributed by atoms with Crippen molar-refractivity contribution in [1.29, 1.82) is 0 Å². The van der Waals surface area contributed by atoms with Gasteiger partial charge in [0, 0.05) is 38.7 Å². The van der Waals surface area contributed by atoms with Crippen molar-refractivity contribution in [1.82, 2.24) is 10.2 Å². The molecule has 0 aromatic heterocycles. The smallest absolute Gasteiger partial charge is 0.242 e. The number of likely N-dealkylation sites (N-methyl/N-ethyl adjacent to an activating group) is 1. The summed E-state index contributed by atoms with van der Waals surface area (Å²) in [5, 5.41) is 4.35. The number of carbonyl (C=O) groups excluding carboxylic acids is 2. The lowest BCUT2D eigenvalue weighted by atomic mass is 10.1. The Labute approximate surface area is 184 Å². The molecular weight excluding hydrogens is 442 g/mol. The molecule has 0 saturated heterocycles. The van der Waals surface area contributed by atoms with Crippen LogP contribution in [0, 0.1) is 0 Å². The topological polar surface area (TPSA) is 49.4 Å². The zero-order valence-corrected chi connectivity index (χ0v) is 18.5. The van der Waals surface area contributed by atoms with Crippen LogP contribution in [0.3, 0.4) is 0 Å². The number of carbonyl (C=O) groups is 2. The molecule has 28 heavy (non-hydrogen) atoms. The molecule has 150 valence electrons. The summed E-state index contributed by atoms with van der Waals surface area (Å²) in [6.07, 6.45) is -0.0513. The Bertz CT molecular complexity index is 833. The van der Waals surface area contributed by atoms with Crippen molar-refractivity contribution in [3.05, 3.63) is 67.6 Å². The van der Waals surface area contributed by atoms with Crippen LogP contribution in [0.1, 0.15) is 25.0 Å². The summed E-state index contributed by atoms with van der Waals surface area (Å²) in [6, 6.07) is 9.40. The highest BCUT2D eigenvalue weighted by atomic mass is 35.5. The average Bonchev–Trinajstić information content (AvgIpc) is 2.64. The van der Waals surface area contributed by atoms with Crippen molar-refractivity contribution in [3.8, 4) is 0 Å². The molecule has 0 aliphatic carbocycles. The highest BCUT2D eigenvalue weighted by Gasteiger charge is 2.28. The summed E-state index contributed by atoms with van der Waals surface area (Å²) in [5.41, 5.74) is 1.08. The number of benzene rings is 2. The van der Waals surface area contributed by atoms with Crippen molar-refractivity contribution in [2.24, 2.45) is 0 Å². The van der Waals surface area contributed by atoms with Crippen molar-refractivity contribution in [3.63, 3.8) is 0 Å². The molecule has 2 aromatic carbocycles. The van der Waals surface area contributed by atoms with Gasteiger partial charge in [0.1, 0.15) is 6.04 Å². The van der Waals surface area contributed by atoms with Gasteiger partial charge in [-0.25, -0.2) is 0 Å². The SMILES string of the molecule is CCNC(=O)[C@H](C)N(Cc1c(Cl)cccc1Cl)C(=O)Cc1c(Cl)cccc1Cl. The summed E-state index contributed by atoms with van der Waals surface area (Å²) in [7, 11) is 0. The third-order valence-electron chi connectivity index (χ3n) is 4.30. The van der Waals surface area contributed by atoms with E-state index in [2.05, 4.69) is 5.32 Å². The quantitative estimate of drug-likeness (QED) is 0.600. The van der Waals surface area contributed by atoms with E-state index in [1.807, 2.05) is 6.92 Å². The number of nitrogens with zero attached hydrogens (tertiary/aromatic N) is 1. The summed E-state index contributed by atoms with van der Waals surface area (Å²) in [5.74, 6) is -0.589. The minimum Gasteiger partial charge on any atom is -0.355 e. The van der Waals surface area contributed by atoms with Crippen molar-refractivity contribution in [2.75, 3.05) is 6.54 Å². The maximum Gasteiger partial charge on any atom is 0.242 e. The van der Waals surface area contributed by atoms with Gasteiger partial charge in [0.2, 0.25) is 11.8 Å². The molecule has 0 bridgehead atoms. The molecule has 0 unspecified atom stereocenters. The third-order valence-corrected chi connectivity index (χ3v) is 5.71. The van der Waals surface area contributed by atoms with Crippen LogP contribution in [0.15, 0.2) is 36.4 Å². The maximum atomic E-state index is 13.1. The van der Waals surface area contributed by atoms with Crippen LogP contribution < -0.4 is 5.32 Å². The Balaban J connectivity index is 2.37. The maximum absolute atomic E-state index is 13.1. The highest BCUT2D eigenvalue weighted by molar-refractivity contribution is 6.36. The van der Waals surface area contributed by atoms with Crippen molar-refractivity contribution < 1.29 is 9.59 Å². The van der Waals surface area contributed by atoms with Gasteiger partial charge in [0.15, 0.2) is 0 Å². The van der Waals surface area contributed by atoms with E-state index in [9.17, 15) is 9.59 Å². The normalized spacial score (nSPS) is 11.8. The van der Waals surface area contributed by atoms with Gasteiger partial charge < -0.3 is 10.2 Å². The molecule has 2 rings (SSSR count). The molecule has 8 heteroatoms. The predicted octanol–water partition coefficient (Wildman–Crippen LogP) is 5.40. The van der Waals surface area contributed by atoms with E-state index in [-0.39, 0.29) is 24.8 Å². The number of rotatable bonds is 7. The van der Waals surface area contributed by atoms with E-state index in [0.29, 0.717) is 37.8 Å². The molecule has 0 spiro atoms. The Morgan fingerprint density at radius 3 is 1.86 bits per heavy atom. The van der Waals surface area contributed by atoms with Crippen LogP contribution in [0.4, 0.5) is 0 Å². The van der Waals surface area contributed by atoms with Gasteiger partial charge in [0.05, 0.1) is 6.42 Å². The molecule has 2 amide bonds. The molecular formula is C20H20Cl4N2O2. The Hall–Kier alpha value is -1.46. The zero-order chi connectivity index (χ0) is 20.8. The fraction of sp³-hybridized carbons (Fsp3) is 0.300. The molecule has 0 radical (unpaired) electrons. The third kappa shape index (κ3) is 5.54. The fourth-order valence-electron chi connectivity index (χ4n) is 2.71. The molecule has 2 aromatic rings. The number of amides is 2. The lowest BCUT2D eigenvalue weighted by molar-refractivity contribution is -0.140. The fourth-order valence-corrected chi connectivity index (χ4v) is 3.76. The standard InChI is InChI=1S/C20H20Cl4N2O2/c1-3-25-20(28)12(2)26(11-14-17(23)8-5-9-18(14)24)19(27)10-13-15(21)6-4-7-16(13)22/h4-9,12H,3,10-11H2,1-2H3,(H,25,28)/t12-/m0/s1. The van der Waals surface area contributed by atoms with Crippen molar-refractivity contribution in [2.45, 2.75) is 32.9 Å². The molecule has 1 atom stereocenters. The highest BCUT2D eigenvalue weighted by Crippen LogP contribution is 2.29. The van der Waals surface area contributed by atoms with Crippen LogP contribution in [0.2, 0.25) is 20.1 Å². The van der Waals surface area contributed by atoms with E-state index in [1.165, 1.54) is 4.90 Å². The van der Waals surface area contributed by atoms with E-state index in [0.717, 1.165) is 0 Å². The largest absolute Gasteiger partial charge is 0.355 e. The monoisotopic (exact) mass is 460 g/mol. The summed E-state index contributed by atoms with van der Waals surface area (Å²) >= 11 is 24.9. The van der Waals surface area contributed by atoms with Gasteiger partial charge in [-0.2, -0.15) is 0 Å². The van der Waals surface area contributed by atoms with Gasteiger partial charge in [-0.05, 0) is 43.7 Å². The first kappa shape index (κ1) is 22.8. The minimum absolute atomic E-state index is 0.0513. The van der Waals surface area contributed by atoms with Crippen LogP contribution in [0.25, 0.3) is 0 Å². The Kier molecular flexibility index (Phi) is 8.44. The first-order valence-electron chi connectivity index (χ1n) is 8.69. The van der Waals surface area contributed by atoms with Gasteiger partial charge in [-0.1, -0.05) is 58.5 Å². The second-order valence-corrected chi connectivity index (χ2v) is 7.80. The van der Waals surface area contributed by atoms with Gasteiger partial charge in [0.25, 0.3) is 0 Å². The Morgan fingerprint density at radius 1 is 0.929 bits per heavy atom. The molecule has 1 N–H and O–H groups in total. The Morgan fingerprint density at radius 2 is 1.39 bits per heavy atom. The van der Waals surface area contributed by atoms with Crippen LogP contribution >= 0.6 is 46.4 Å². The second-order valence-electron chi connectivity index (χ2n) is 6.17. The lowest BCUT2D eigenvalue weighted by Gasteiger charge is -2.29. The number of nitrogens with one attached hydrogen (secondary N) is 1. The molecule has 4 nitrogen and oxygen atoms in total. The van der Waals surface area contributed by atoms with E-state index < -0.39 is 6.04 Å². The summed E-state index contributed by atoms with van der Waals surface area (Å²) in [4.78, 5) is 27.0. The zero-order valence-electron chi connectivity index (χ0n) is 15.4. The number of hydrogen-bond donors (Lipinski definition) is 1. The first-order chi connectivity index (χ1) is 13.3. The molecule has 0 saturated carbocycles. The molecule has 0 fully saturated rings. The lowest BCUT2D eigenvalue weighted by Crippen LogP contribution is -2.48. The van der Waals surface area contributed by atoms with Crippen LogP contribution in [-0.2, 0) is 22.6 Å². The van der Waals surface area contributed by atoms with Gasteiger partial charge in [-0.3, -0.25) is 9.59 Å². The second kappa shape index (κ2) is 10.4. The van der Waals surface area contributed by atoms with Crippen LogP contribution in [-0.4, -0.2) is 29.3 Å². The number of hydrogen-bond acceptors (Lipinski definition) is 2. The van der Waals surface area contributed by atoms with Gasteiger partial charge >= 0.3 is 0 Å². The minimum atomic E-state index is -0.735.